The Morgan fingerprint density at radius 2 is 1.80 bits per heavy atom. The molecule has 8 rings (SSSR count). The maximum Gasteiger partial charge on any atom is 0.257 e. The molecule has 2 aliphatic heterocycles. The molecule has 54 heavy (non-hydrogen) atoms. The average Bonchev–Trinajstić information content (AvgIpc) is 3.94. The van der Waals surface area contributed by atoms with Crippen LogP contribution in [0.15, 0.2) is 110 Å². The second kappa shape index (κ2) is 15.2. The minimum Gasteiger partial charge on any atom is -0.488 e. The van der Waals surface area contributed by atoms with E-state index in [1.54, 1.807) is 4.90 Å². The Balaban J connectivity index is 1.09. The molecule has 2 aliphatic rings. The van der Waals surface area contributed by atoms with Gasteiger partial charge in [-0.15, -0.1) is 0 Å². The van der Waals surface area contributed by atoms with Crippen LogP contribution in [-0.4, -0.2) is 85.4 Å². The van der Waals surface area contributed by atoms with Crippen molar-refractivity contribution in [3.05, 3.63) is 132 Å². The normalized spacial score (nSPS) is 17.6. The smallest absolute Gasteiger partial charge is 0.257 e. The summed E-state index contributed by atoms with van der Waals surface area (Å²) in [6.45, 7) is 1.48. The third-order valence-corrected chi connectivity index (χ3v) is 10.3. The molecule has 1 saturated heterocycles. The van der Waals surface area contributed by atoms with Crippen LogP contribution < -0.4 is 10.1 Å². The van der Waals surface area contributed by atoms with Crippen molar-refractivity contribution in [3.63, 3.8) is 0 Å². The Labute approximate surface area is 315 Å². The van der Waals surface area contributed by atoms with E-state index >= 15 is 0 Å². The second-order valence-corrected chi connectivity index (χ2v) is 13.9. The monoisotopic (exact) mass is 745 g/mol. The topological polar surface area (TPSA) is 115 Å². The standard InChI is InChI=1S/C41H37ClFN7O4/c42-35-21-30(43)13-14-37(35)50-24-29(23-45-50)41(53)49-25-32-22-38(49)40(52)44-16-17-47(39(51)15-12-27-6-2-1-3-7-27)18-19-48-26-34-33(10-5-11-36(34)46-48)28-8-4-9-31(20-28)54-32/h1-11,13-14,20-21,23-24,26,32,38H,12,15-19,22,25H2,(H,44,52)/t32-,38-/m0/s1. The number of nitrogens with one attached hydrogen (secondary N) is 1. The van der Waals surface area contributed by atoms with E-state index in [2.05, 4.69) is 10.4 Å². The number of aromatic nitrogens is 4. The fourth-order valence-corrected chi connectivity index (χ4v) is 7.47. The number of aryl methyl sites for hydroxylation is 1. The number of carbonyl (C=O) groups is 3. The molecule has 0 saturated carbocycles. The Morgan fingerprint density at radius 1 is 0.944 bits per heavy atom. The fraction of sp³-hybridized carbons (Fsp3) is 0.244. The lowest BCUT2D eigenvalue weighted by Crippen LogP contribution is -2.48. The summed E-state index contributed by atoms with van der Waals surface area (Å²) in [6, 6.07) is 26.7. The number of amides is 3. The Kier molecular flexibility index (Phi) is 9.83. The van der Waals surface area contributed by atoms with Gasteiger partial charge in [-0.05, 0) is 59.5 Å². The first-order chi connectivity index (χ1) is 26.3. The number of carbonyl (C=O) groups excluding carboxylic acids is 3. The molecule has 0 spiro atoms. The van der Waals surface area contributed by atoms with Crippen LogP contribution in [0.2, 0.25) is 5.02 Å². The predicted molar refractivity (Wildman–Crippen MR) is 202 cm³/mol. The second-order valence-electron chi connectivity index (χ2n) is 13.5. The number of fused-ring (bicyclic) bond motifs is 6. The van der Waals surface area contributed by atoms with Crippen LogP contribution in [0, 0.1) is 5.82 Å². The van der Waals surface area contributed by atoms with Crippen LogP contribution in [0.3, 0.4) is 0 Å². The van der Waals surface area contributed by atoms with Gasteiger partial charge in [-0.25, -0.2) is 9.07 Å². The number of nitrogens with zero attached hydrogens (tertiary/aromatic N) is 6. The number of rotatable bonds is 5. The maximum absolute atomic E-state index is 14.1. The summed E-state index contributed by atoms with van der Waals surface area (Å²) in [7, 11) is 0. The highest BCUT2D eigenvalue weighted by molar-refractivity contribution is 6.32. The molecular weight excluding hydrogens is 709 g/mol. The summed E-state index contributed by atoms with van der Waals surface area (Å²) in [5.74, 6) is -0.666. The number of benzene rings is 4. The zero-order valence-electron chi connectivity index (χ0n) is 29.3. The van der Waals surface area contributed by atoms with Crippen molar-refractivity contribution < 1.29 is 23.5 Å². The first-order valence-electron chi connectivity index (χ1n) is 17.9. The molecule has 2 atom stereocenters. The van der Waals surface area contributed by atoms with Gasteiger partial charge in [0.05, 0.1) is 41.1 Å². The first kappa shape index (κ1) is 35.0. The molecule has 4 heterocycles. The molecule has 4 aromatic carbocycles. The summed E-state index contributed by atoms with van der Waals surface area (Å²) < 4.78 is 23.5. The maximum atomic E-state index is 14.1. The van der Waals surface area contributed by atoms with Crippen molar-refractivity contribution in [2.45, 2.75) is 38.0 Å². The molecule has 1 fully saturated rings. The molecule has 0 aliphatic carbocycles. The Morgan fingerprint density at radius 3 is 2.65 bits per heavy atom. The number of likely N-dealkylation sites (tertiary alicyclic amines) is 1. The van der Waals surface area contributed by atoms with Crippen molar-refractivity contribution >= 4 is 40.2 Å². The van der Waals surface area contributed by atoms with Gasteiger partial charge in [-0.3, -0.25) is 19.1 Å². The molecule has 3 amide bonds. The molecule has 2 aromatic heterocycles. The summed E-state index contributed by atoms with van der Waals surface area (Å²) in [5, 5.41) is 13.2. The van der Waals surface area contributed by atoms with Gasteiger partial charge in [0, 0.05) is 50.3 Å². The van der Waals surface area contributed by atoms with E-state index in [-0.39, 0.29) is 48.5 Å². The molecule has 0 unspecified atom stereocenters. The number of hydrogen-bond acceptors (Lipinski definition) is 6. The third kappa shape index (κ3) is 7.42. The van der Waals surface area contributed by atoms with E-state index < -0.39 is 23.9 Å². The van der Waals surface area contributed by atoms with Gasteiger partial charge in [-0.1, -0.05) is 66.2 Å². The minimum absolute atomic E-state index is 0.0267. The van der Waals surface area contributed by atoms with Gasteiger partial charge in [0.2, 0.25) is 11.8 Å². The van der Waals surface area contributed by atoms with Gasteiger partial charge < -0.3 is 19.9 Å². The van der Waals surface area contributed by atoms with Gasteiger partial charge in [-0.2, -0.15) is 10.2 Å². The van der Waals surface area contributed by atoms with E-state index in [1.165, 1.54) is 40.2 Å². The third-order valence-electron chi connectivity index (χ3n) is 9.96. The molecule has 0 radical (unpaired) electrons. The molecule has 11 nitrogen and oxygen atoms in total. The van der Waals surface area contributed by atoms with Crippen LogP contribution in [-0.2, 0) is 22.6 Å². The molecule has 274 valence electrons. The Hall–Kier alpha value is -6.01. The van der Waals surface area contributed by atoms with Crippen LogP contribution >= 0.6 is 11.6 Å². The lowest BCUT2D eigenvalue weighted by atomic mass is 10.0. The van der Waals surface area contributed by atoms with Crippen LogP contribution in [0.1, 0.15) is 28.8 Å². The van der Waals surface area contributed by atoms with E-state index in [9.17, 15) is 18.8 Å². The van der Waals surface area contributed by atoms with Crippen LogP contribution in [0.5, 0.6) is 5.75 Å². The Bertz CT molecular complexity index is 2340. The lowest BCUT2D eigenvalue weighted by molar-refractivity contribution is -0.132. The summed E-state index contributed by atoms with van der Waals surface area (Å²) in [5.41, 5.74) is 4.47. The molecule has 1 N–H and O–H groups in total. The lowest BCUT2D eigenvalue weighted by Gasteiger charge is -2.25. The van der Waals surface area contributed by atoms with E-state index in [1.807, 2.05) is 83.7 Å². The van der Waals surface area contributed by atoms with E-state index in [0.717, 1.165) is 27.6 Å². The SMILES string of the molecule is O=C1NCCN(C(=O)CCc2ccccc2)CCn2cc3c(cccc3n2)-c2cccc(c2)O[C@H]2C[C@@H]1N(C(=O)c1cnn(-c3ccc(F)cc3Cl)c1)C2. The summed E-state index contributed by atoms with van der Waals surface area (Å²) in [4.78, 5) is 44.9. The number of ether oxygens (including phenoxy) is 1. The van der Waals surface area contributed by atoms with Crippen molar-refractivity contribution in [2.24, 2.45) is 0 Å². The zero-order chi connectivity index (χ0) is 37.2. The number of hydrogen-bond donors (Lipinski definition) is 1. The predicted octanol–water partition coefficient (Wildman–Crippen LogP) is 5.93. The molecular formula is C41H37ClFN7O4. The highest BCUT2D eigenvalue weighted by Gasteiger charge is 2.41. The van der Waals surface area contributed by atoms with Crippen LogP contribution in [0.4, 0.5) is 4.39 Å². The minimum atomic E-state index is -0.848. The fourth-order valence-electron chi connectivity index (χ4n) is 7.21. The summed E-state index contributed by atoms with van der Waals surface area (Å²) >= 11 is 6.27. The van der Waals surface area contributed by atoms with E-state index in [0.29, 0.717) is 37.4 Å². The highest BCUT2D eigenvalue weighted by Crippen LogP contribution is 2.32. The van der Waals surface area contributed by atoms with Crippen molar-refractivity contribution in [3.8, 4) is 22.6 Å². The van der Waals surface area contributed by atoms with Gasteiger partial charge >= 0.3 is 0 Å². The van der Waals surface area contributed by atoms with Crippen molar-refractivity contribution in [1.82, 2.24) is 34.7 Å². The quantitative estimate of drug-likeness (QED) is 0.234. The van der Waals surface area contributed by atoms with Crippen molar-refractivity contribution in [1.29, 1.82) is 0 Å². The first-order valence-corrected chi connectivity index (χ1v) is 18.3. The molecule has 6 aromatic rings. The average molecular weight is 746 g/mol. The molecule has 13 heteroatoms. The van der Waals surface area contributed by atoms with Gasteiger partial charge in [0.1, 0.15) is 23.7 Å². The van der Waals surface area contributed by atoms with Crippen LogP contribution in [0.25, 0.3) is 27.7 Å². The van der Waals surface area contributed by atoms with Crippen molar-refractivity contribution in [2.75, 3.05) is 26.2 Å². The van der Waals surface area contributed by atoms with Gasteiger partial charge in [0.25, 0.3) is 5.91 Å². The number of halogens is 2. The van der Waals surface area contributed by atoms with Gasteiger partial charge in [0.15, 0.2) is 0 Å². The molecule has 6 bridgehead atoms. The highest BCUT2D eigenvalue weighted by atomic mass is 35.5. The van der Waals surface area contributed by atoms with E-state index in [4.69, 9.17) is 21.4 Å². The summed E-state index contributed by atoms with van der Waals surface area (Å²) in [6.07, 6.45) is 5.60. The zero-order valence-corrected chi connectivity index (χ0v) is 30.0. The largest absolute Gasteiger partial charge is 0.488 e.